The van der Waals surface area contributed by atoms with Gasteiger partial charge in [0.25, 0.3) is 0 Å². The van der Waals surface area contributed by atoms with Crippen LogP contribution in [0, 0.1) is 0 Å². The molecule has 2 fully saturated rings. The summed E-state index contributed by atoms with van der Waals surface area (Å²) < 4.78 is 21.3. The monoisotopic (exact) mass is 340 g/mol. The van der Waals surface area contributed by atoms with Crippen molar-refractivity contribution in [1.29, 1.82) is 0 Å². The number of hydrogen-bond acceptors (Lipinski definition) is 10. The first-order chi connectivity index (χ1) is 10.9. The number of rotatable bonds is 8. The molecular weight excluding hydrogens is 316 g/mol. The van der Waals surface area contributed by atoms with Crippen molar-refractivity contribution in [3.63, 3.8) is 0 Å². The van der Waals surface area contributed by atoms with Gasteiger partial charge in [0.1, 0.15) is 42.7 Å². The van der Waals surface area contributed by atoms with Crippen LogP contribution in [0.1, 0.15) is 6.92 Å². The van der Waals surface area contributed by atoms with Gasteiger partial charge in [0, 0.05) is 0 Å². The van der Waals surface area contributed by atoms with Crippen molar-refractivity contribution in [2.24, 2.45) is 0 Å². The van der Waals surface area contributed by atoms with Crippen molar-refractivity contribution in [2.75, 3.05) is 19.8 Å². The highest BCUT2D eigenvalue weighted by atomic mass is 16.8. The van der Waals surface area contributed by atoms with E-state index in [2.05, 4.69) is 0 Å². The summed E-state index contributed by atoms with van der Waals surface area (Å²) in [6, 6.07) is 0. The highest BCUT2D eigenvalue weighted by molar-refractivity contribution is 4.94. The SMILES string of the molecule is C[C@H](O)[C@@H](OC(CO)[C@@H](O)CO)O[C@@H]1C2CO[C@H](O2)[C@@H](O)C1O. The van der Waals surface area contributed by atoms with Gasteiger partial charge in [0.2, 0.25) is 0 Å². The third-order valence-electron chi connectivity index (χ3n) is 3.86. The highest BCUT2D eigenvalue weighted by Gasteiger charge is 2.51. The second-order valence-corrected chi connectivity index (χ2v) is 5.67. The summed E-state index contributed by atoms with van der Waals surface area (Å²) in [4.78, 5) is 0. The summed E-state index contributed by atoms with van der Waals surface area (Å²) in [6.07, 6.45) is -10.3. The second kappa shape index (κ2) is 8.12. The molecule has 9 atom stereocenters. The van der Waals surface area contributed by atoms with Gasteiger partial charge in [0.15, 0.2) is 12.6 Å². The summed E-state index contributed by atoms with van der Waals surface area (Å²) in [6.45, 7) is 0.183. The van der Waals surface area contributed by atoms with E-state index in [-0.39, 0.29) is 6.61 Å². The Balaban J connectivity index is 2.03. The number of hydrogen-bond donors (Lipinski definition) is 6. The quantitative estimate of drug-likeness (QED) is 0.243. The van der Waals surface area contributed by atoms with Gasteiger partial charge in [-0.1, -0.05) is 0 Å². The largest absolute Gasteiger partial charge is 0.394 e. The summed E-state index contributed by atoms with van der Waals surface area (Å²) in [5.41, 5.74) is 0. The van der Waals surface area contributed by atoms with E-state index in [1.54, 1.807) is 0 Å². The average Bonchev–Trinajstić information content (AvgIpc) is 2.98. The summed E-state index contributed by atoms with van der Waals surface area (Å²) in [5.74, 6) is 0. The van der Waals surface area contributed by atoms with Crippen LogP contribution >= 0.6 is 0 Å². The molecule has 23 heavy (non-hydrogen) atoms. The predicted molar refractivity (Wildman–Crippen MR) is 72.0 cm³/mol. The van der Waals surface area contributed by atoms with E-state index in [4.69, 9.17) is 24.1 Å². The molecule has 136 valence electrons. The first-order valence-electron chi connectivity index (χ1n) is 7.41. The van der Waals surface area contributed by atoms with Gasteiger partial charge in [-0.2, -0.15) is 0 Å². The molecule has 0 aromatic heterocycles. The van der Waals surface area contributed by atoms with E-state index in [0.717, 1.165) is 0 Å². The smallest absolute Gasteiger partial charge is 0.186 e. The molecule has 0 amide bonds. The van der Waals surface area contributed by atoms with Crippen LogP contribution in [0.25, 0.3) is 0 Å². The maximum absolute atomic E-state index is 10.1. The topological polar surface area (TPSA) is 158 Å². The van der Waals surface area contributed by atoms with Gasteiger partial charge >= 0.3 is 0 Å². The lowest BCUT2D eigenvalue weighted by atomic mass is 10.0. The Kier molecular flexibility index (Phi) is 6.68. The van der Waals surface area contributed by atoms with Gasteiger partial charge in [-0.15, -0.1) is 0 Å². The zero-order chi connectivity index (χ0) is 17.1. The molecule has 10 nitrogen and oxygen atoms in total. The molecule has 0 aromatic carbocycles. The Morgan fingerprint density at radius 3 is 2.39 bits per heavy atom. The molecule has 0 saturated carbocycles. The van der Waals surface area contributed by atoms with Crippen LogP contribution < -0.4 is 0 Å². The second-order valence-electron chi connectivity index (χ2n) is 5.67. The molecule has 2 aliphatic heterocycles. The van der Waals surface area contributed by atoms with Gasteiger partial charge in [0.05, 0.1) is 19.8 Å². The van der Waals surface area contributed by atoms with E-state index in [9.17, 15) is 25.5 Å². The lowest BCUT2D eigenvalue weighted by molar-refractivity contribution is -0.302. The standard InChI is InChI=1S/C13H24O10/c1-5(16)12(21-7(3-15)6(17)2-14)23-11-8-4-20-13(22-8)10(19)9(11)18/h5-19H,2-4H2,1H3/t5-,6-,7?,8?,9?,10-,11+,12-,13+/m0/s1. The van der Waals surface area contributed by atoms with Crippen molar-refractivity contribution < 1.29 is 49.6 Å². The van der Waals surface area contributed by atoms with Crippen molar-refractivity contribution in [2.45, 2.75) is 62.2 Å². The molecule has 10 heteroatoms. The van der Waals surface area contributed by atoms with Crippen LogP contribution in [0.15, 0.2) is 0 Å². The minimum Gasteiger partial charge on any atom is -0.394 e. The van der Waals surface area contributed by atoms with Crippen molar-refractivity contribution in [3.8, 4) is 0 Å². The van der Waals surface area contributed by atoms with E-state index < -0.39 is 68.5 Å². The molecule has 0 spiro atoms. The third-order valence-corrected chi connectivity index (χ3v) is 3.86. The van der Waals surface area contributed by atoms with Crippen LogP contribution in [0.4, 0.5) is 0 Å². The van der Waals surface area contributed by atoms with Gasteiger partial charge in [-0.3, -0.25) is 0 Å². The van der Waals surface area contributed by atoms with Crippen LogP contribution in [0.2, 0.25) is 0 Å². The lowest BCUT2D eigenvalue weighted by Crippen LogP contribution is -2.57. The number of ether oxygens (including phenoxy) is 4. The Labute approximate surface area is 132 Å². The highest BCUT2D eigenvalue weighted by Crippen LogP contribution is 2.31. The first-order valence-corrected chi connectivity index (χ1v) is 7.41. The fraction of sp³-hybridized carbons (Fsp3) is 1.00. The van der Waals surface area contributed by atoms with Crippen molar-refractivity contribution in [1.82, 2.24) is 0 Å². The molecule has 0 radical (unpaired) electrons. The summed E-state index contributed by atoms with van der Waals surface area (Å²) in [7, 11) is 0. The maximum atomic E-state index is 10.1. The lowest BCUT2D eigenvalue weighted by Gasteiger charge is -2.38. The summed E-state index contributed by atoms with van der Waals surface area (Å²) in [5, 5.41) is 57.4. The first kappa shape index (κ1) is 18.9. The zero-order valence-corrected chi connectivity index (χ0v) is 12.6. The Morgan fingerprint density at radius 1 is 1.13 bits per heavy atom. The maximum Gasteiger partial charge on any atom is 0.186 e. The van der Waals surface area contributed by atoms with Gasteiger partial charge in [-0.25, -0.2) is 0 Å². The molecule has 0 aromatic rings. The van der Waals surface area contributed by atoms with Crippen molar-refractivity contribution in [3.05, 3.63) is 0 Å². The molecule has 2 heterocycles. The van der Waals surface area contributed by atoms with E-state index >= 15 is 0 Å². The van der Waals surface area contributed by atoms with Crippen LogP contribution in [-0.4, -0.2) is 106 Å². The molecule has 0 aliphatic carbocycles. The van der Waals surface area contributed by atoms with Crippen LogP contribution in [0.3, 0.4) is 0 Å². The van der Waals surface area contributed by atoms with Gasteiger partial charge < -0.3 is 49.6 Å². The Hall–Kier alpha value is -0.400. The van der Waals surface area contributed by atoms with Crippen molar-refractivity contribution >= 4 is 0 Å². The predicted octanol–water partition coefficient (Wildman–Crippen LogP) is -3.71. The van der Waals surface area contributed by atoms with Crippen LogP contribution in [-0.2, 0) is 18.9 Å². The molecular formula is C13H24O10. The van der Waals surface area contributed by atoms with E-state index in [1.807, 2.05) is 0 Å². The fourth-order valence-corrected chi connectivity index (χ4v) is 2.49. The zero-order valence-electron chi connectivity index (χ0n) is 12.6. The number of aliphatic hydroxyl groups is 6. The Morgan fingerprint density at radius 2 is 1.83 bits per heavy atom. The van der Waals surface area contributed by atoms with Crippen LogP contribution in [0.5, 0.6) is 0 Å². The normalized spacial score (nSPS) is 39.0. The molecule has 3 unspecified atom stereocenters. The minimum absolute atomic E-state index is 0.0959. The molecule has 6 N–H and O–H groups in total. The van der Waals surface area contributed by atoms with E-state index in [1.165, 1.54) is 6.92 Å². The third kappa shape index (κ3) is 4.17. The number of fused-ring (bicyclic) bond motifs is 2. The Bertz CT molecular complexity index is 367. The molecule has 2 saturated heterocycles. The molecule has 2 bridgehead atoms. The summed E-state index contributed by atoms with van der Waals surface area (Å²) >= 11 is 0. The van der Waals surface area contributed by atoms with E-state index in [0.29, 0.717) is 0 Å². The molecule has 2 aliphatic rings. The number of aliphatic hydroxyl groups excluding tert-OH is 6. The molecule has 2 rings (SSSR count). The minimum atomic E-state index is -1.37. The fourth-order valence-electron chi connectivity index (χ4n) is 2.49. The average molecular weight is 340 g/mol. The van der Waals surface area contributed by atoms with Gasteiger partial charge in [-0.05, 0) is 6.92 Å².